The third-order valence-corrected chi connectivity index (χ3v) is 9.62. The maximum atomic E-state index is 14.5. The zero-order valence-electron chi connectivity index (χ0n) is 25.8. The summed E-state index contributed by atoms with van der Waals surface area (Å²) < 4.78 is 43.1. The summed E-state index contributed by atoms with van der Waals surface area (Å²) >= 11 is 12.8. The quantitative estimate of drug-likeness (QED) is 0.164. The number of aryl methyl sites for hydroxylation is 1. The van der Waals surface area contributed by atoms with Gasteiger partial charge >= 0.3 is 0 Å². The maximum absolute atomic E-state index is 14.5. The minimum Gasteiger partial charge on any atom is -0.354 e. The number of carbonyl (C=O) groups is 2. The van der Waals surface area contributed by atoms with Crippen LogP contribution in [0.15, 0.2) is 102 Å². The van der Waals surface area contributed by atoms with E-state index in [4.69, 9.17) is 23.2 Å². The van der Waals surface area contributed by atoms with E-state index in [2.05, 4.69) is 5.32 Å². The van der Waals surface area contributed by atoms with Crippen LogP contribution in [0.2, 0.25) is 10.0 Å². The SMILES string of the molecule is Cc1ccc(S(=O)(=O)N(CC(=O)N(Cc2ccc(F)cc2)[C@@H](Cc2ccccc2)C(=O)NCC(C)C)c2cc(Cl)ccc2Cl)cc1. The Kier molecular flexibility index (Phi) is 11.8. The number of hydrogen-bond donors (Lipinski definition) is 1. The van der Waals surface area contributed by atoms with Crippen molar-refractivity contribution in [2.45, 2.75) is 44.7 Å². The third-order valence-electron chi connectivity index (χ3n) is 7.29. The number of benzene rings is 4. The van der Waals surface area contributed by atoms with Gasteiger partial charge in [0.2, 0.25) is 11.8 Å². The molecule has 4 aromatic rings. The average Bonchev–Trinajstić information content (AvgIpc) is 3.03. The number of halogens is 3. The van der Waals surface area contributed by atoms with E-state index in [0.29, 0.717) is 12.1 Å². The van der Waals surface area contributed by atoms with E-state index < -0.39 is 40.2 Å². The second-order valence-corrected chi connectivity index (χ2v) is 14.1. The summed E-state index contributed by atoms with van der Waals surface area (Å²) in [6, 6.07) is 24.3. The molecule has 0 spiro atoms. The summed E-state index contributed by atoms with van der Waals surface area (Å²) in [4.78, 5) is 29.6. The highest BCUT2D eigenvalue weighted by Gasteiger charge is 2.35. The van der Waals surface area contributed by atoms with Gasteiger partial charge in [0.1, 0.15) is 18.4 Å². The van der Waals surface area contributed by atoms with E-state index >= 15 is 0 Å². The Morgan fingerprint density at radius 1 is 0.870 bits per heavy atom. The molecule has 0 aromatic heterocycles. The molecular weight excluding hydrogens is 648 g/mol. The lowest BCUT2D eigenvalue weighted by Crippen LogP contribution is -2.53. The summed E-state index contributed by atoms with van der Waals surface area (Å²) in [6.45, 7) is 5.32. The van der Waals surface area contributed by atoms with Crippen LogP contribution >= 0.6 is 23.2 Å². The number of rotatable bonds is 13. The van der Waals surface area contributed by atoms with E-state index in [1.165, 1.54) is 59.5 Å². The fourth-order valence-electron chi connectivity index (χ4n) is 4.79. The number of amides is 2. The first-order valence-corrected chi connectivity index (χ1v) is 16.9. The average molecular weight is 685 g/mol. The molecule has 4 rings (SSSR count). The van der Waals surface area contributed by atoms with Crippen LogP contribution in [-0.2, 0) is 32.6 Å². The number of nitrogens with zero attached hydrogens (tertiary/aromatic N) is 2. The van der Waals surface area contributed by atoms with Crippen molar-refractivity contribution in [2.75, 3.05) is 17.4 Å². The van der Waals surface area contributed by atoms with Crippen molar-refractivity contribution in [3.8, 4) is 0 Å². The Morgan fingerprint density at radius 3 is 2.15 bits per heavy atom. The van der Waals surface area contributed by atoms with Gasteiger partial charge in [-0.2, -0.15) is 0 Å². The predicted octanol–water partition coefficient (Wildman–Crippen LogP) is 7.05. The van der Waals surface area contributed by atoms with E-state index in [-0.39, 0.29) is 39.5 Å². The van der Waals surface area contributed by atoms with E-state index in [9.17, 15) is 22.4 Å². The maximum Gasteiger partial charge on any atom is 0.264 e. The molecule has 0 fully saturated rings. The molecule has 242 valence electrons. The van der Waals surface area contributed by atoms with Crippen LogP contribution in [0.1, 0.15) is 30.5 Å². The lowest BCUT2D eigenvalue weighted by Gasteiger charge is -2.34. The van der Waals surface area contributed by atoms with Gasteiger partial charge in [-0.15, -0.1) is 0 Å². The first kappa shape index (κ1) is 34.9. The van der Waals surface area contributed by atoms with Crippen molar-refractivity contribution in [3.63, 3.8) is 0 Å². The molecular formula is C35H36Cl2FN3O4S. The Labute approximate surface area is 280 Å². The van der Waals surface area contributed by atoms with Crippen molar-refractivity contribution in [2.24, 2.45) is 5.92 Å². The molecule has 0 unspecified atom stereocenters. The van der Waals surface area contributed by atoms with Crippen molar-refractivity contribution in [1.29, 1.82) is 0 Å². The van der Waals surface area contributed by atoms with Crippen LogP contribution in [0, 0.1) is 18.7 Å². The van der Waals surface area contributed by atoms with Crippen LogP contribution in [0.3, 0.4) is 0 Å². The number of sulfonamides is 1. The minimum atomic E-state index is -4.35. The zero-order chi connectivity index (χ0) is 33.4. The fourth-order valence-corrected chi connectivity index (χ4v) is 6.65. The van der Waals surface area contributed by atoms with Gasteiger partial charge < -0.3 is 10.2 Å². The van der Waals surface area contributed by atoms with Crippen molar-refractivity contribution < 1.29 is 22.4 Å². The van der Waals surface area contributed by atoms with Gasteiger partial charge in [0.05, 0.1) is 15.6 Å². The van der Waals surface area contributed by atoms with Gasteiger partial charge in [-0.1, -0.05) is 97.2 Å². The molecule has 0 aliphatic rings. The molecule has 0 radical (unpaired) electrons. The topological polar surface area (TPSA) is 86.8 Å². The van der Waals surface area contributed by atoms with Crippen molar-refractivity contribution in [3.05, 3.63) is 130 Å². The number of hydrogen-bond acceptors (Lipinski definition) is 4. The van der Waals surface area contributed by atoms with Crippen LogP contribution in [0.5, 0.6) is 0 Å². The molecule has 46 heavy (non-hydrogen) atoms. The highest BCUT2D eigenvalue weighted by Crippen LogP contribution is 2.33. The van der Waals surface area contributed by atoms with Gasteiger partial charge in [-0.05, 0) is 66.4 Å². The number of carbonyl (C=O) groups excluding carboxylic acids is 2. The van der Waals surface area contributed by atoms with E-state index in [1.54, 1.807) is 12.1 Å². The van der Waals surface area contributed by atoms with Crippen LogP contribution in [0.25, 0.3) is 0 Å². The predicted molar refractivity (Wildman–Crippen MR) is 181 cm³/mol. The molecule has 2 amide bonds. The Bertz CT molecular complexity index is 1750. The standard InChI is InChI=1S/C35H36Cl2FN3O4S/c1-24(2)21-39-35(43)33(19-26-7-5-4-6-8-26)40(22-27-11-14-29(38)15-12-27)34(42)23-41(32-20-28(36)13-18-31(32)37)46(44,45)30-16-9-25(3)10-17-30/h4-18,20,24,33H,19,21-23H2,1-3H3,(H,39,43)/t33-/m0/s1. The minimum absolute atomic E-state index is 0.00805. The fraction of sp³-hybridized carbons (Fsp3) is 0.257. The molecule has 0 heterocycles. The molecule has 0 saturated heterocycles. The molecule has 7 nitrogen and oxygen atoms in total. The summed E-state index contributed by atoms with van der Waals surface area (Å²) in [7, 11) is -4.35. The smallest absolute Gasteiger partial charge is 0.264 e. The summed E-state index contributed by atoms with van der Waals surface area (Å²) in [5.74, 6) is -1.38. The molecule has 0 bridgehead atoms. The lowest BCUT2D eigenvalue weighted by molar-refractivity contribution is -0.140. The first-order chi connectivity index (χ1) is 21.8. The van der Waals surface area contributed by atoms with Gasteiger partial charge in [0.25, 0.3) is 10.0 Å². The second kappa shape index (κ2) is 15.6. The number of anilines is 1. The van der Waals surface area contributed by atoms with Crippen molar-refractivity contribution >= 4 is 50.7 Å². The molecule has 4 aromatic carbocycles. The number of nitrogens with one attached hydrogen (secondary N) is 1. The van der Waals surface area contributed by atoms with Crippen LogP contribution in [-0.4, -0.2) is 44.3 Å². The zero-order valence-corrected chi connectivity index (χ0v) is 28.1. The highest BCUT2D eigenvalue weighted by atomic mass is 35.5. The second-order valence-electron chi connectivity index (χ2n) is 11.4. The molecule has 11 heteroatoms. The Hall–Kier alpha value is -3.92. The summed E-state index contributed by atoms with van der Waals surface area (Å²) in [6.07, 6.45) is 0.153. The molecule has 1 N–H and O–H groups in total. The monoisotopic (exact) mass is 683 g/mol. The van der Waals surface area contributed by atoms with E-state index in [1.807, 2.05) is 51.1 Å². The molecule has 1 atom stereocenters. The summed E-state index contributed by atoms with van der Waals surface area (Å²) in [5.41, 5.74) is 2.21. The Morgan fingerprint density at radius 2 is 1.52 bits per heavy atom. The van der Waals surface area contributed by atoms with Crippen LogP contribution in [0.4, 0.5) is 10.1 Å². The van der Waals surface area contributed by atoms with E-state index in [0.717, 1.165) is 15.4 Å². The normalized spacial score (nSPS) is 12.1. The first-order valence-electron chi connectivity index (χ1n) is 14.7. The van der Waals surface area contributed by atoms with Gasteiger partial charge in [-0.25, -0.2) is 12.8 Å². The van der Waals surface area contributed by atoms with Crippen LogP contribution < -0.4 is 9.62 Å². The van der Waals surface area contributed by atoms with Gasteiger partial charge in [0, 0.05) is 24.5 Å². The Balaban J connectivity index is 1.82. The lowest BCUT2D eigenvalue weighted by atomic mass is 10.0. The molecule has 0 aliphatic carbocycles. The van der Waals surface area contributed by atoms with Gasteiger partial charge in [-0.3, -0.25) is 13.9 Å². The molecule has 0 aliphatic heterocycles. The summed E-state index contributed by atoms with van der Waals surface area (Å²) in [5, 5.41) is 3.21. The van der Waals surface area contributed by atoms with Crippen molar-refractivity contribution in [1.82, 2.24) is 10.2 Å². The molecule has 0 saturated carbocycles. The highest BCUT2D eigenvalue weighted by molar-refractivity contribution is 7.92. The third kappa shape index (κ3) is 9.09. The van der Waals surface area contributed by atoms with Gasteiger partial charge in [0.15, 0.2) is 0 Å². The largest absolute Gasteiger partial charge is 0.354 e.